The second-order valence-corrected chi connectivity index (χ2v) is 16.2. The van der Waals surface area contributed by atoms with Crippen molar-refractivity contribution in [3.8, 4) is 11.3 Å². The van der Waals surface area contributed by atoms with Crippen LogP contribution in [0.3, 0.4) is 0 Å². The molecule has 0 saturated heterocycles. The van der Waals surface area contributed by atoms with Crippen LogP contribution in [-0.2, 0) is 35.3 Å². The number of benzene rings is 2. The van der Waals surface area contributed by atoms with E-state index in [4.69, 9.17) is 20.6 Å². The van der Waals surface area contributed by atoms with Gasteiger partial charge in [-0.2, -0.15) is 13.2 Å². The number of imidazole rings is 1. The molecule has 1 fully saturated rings. The first-order chi connectivity index (χ1) is 28.6. The molecule has 2 heterocycles. The summed E-state index contributed by atoms with van der Waals surface area (Å²) < 4.78 is 62.8. The summed E-state index contributed by atoms with van der Waals surface area (Å²) in [4.78, 5) is 79.6. The third-order valence-corrected chi connectivity index (χ3v) is 10.6. The molecule has 4 atom stereocenters. The molecule has 1 aromatic heterocycles. The number of hydrogen-bond donors (Lipinski definition) is 3. The van der Waals surface area contributed by atoms with E-state index >= 15 is 4.39 Å². The molecule has 2 aromatic carbocycles. The van der Waals surface area contributed by atoms with E-state index in [1.54, 1.807) is 10.8 Å². The number of nitrogens with zero attached hydrogens (tertiary/aromatic N) is 4. The number of amides is 3. The molecule has 18 heteroatoms. The Bertz CT molecular complexity index is 2080. The zero-order valence-electron chi connectivity index (χ0n) is 34.0. The molecule has 1 aliphatic heterocycles. The molecule has 0 spiro atoms. The zero-order valence-corrected chi connectivity index (χ0v) is 34.0. The van der Waals surface area contributed by atoms with Crippen LogP contribution in [-0.4, -0.2) is 96.7 Å². The highest BCUT2D eigenvalue weighted by atomic mass is 19.4. The highest BCUT2D eigenvalue weighted by Crippen LogP contribution is 2.40. The van der Waals surface area contributed by atoms with Gasteiger partial charge in [0.25, 0.3) is 11.8 Å². The van der Waals surface area contributed by atoms with Gasteiger partial charge in [0.2, 0.25) is 5.91 Å². The number of ketones is 2. The first-order valence-electron chi connectivity index (χ1n) is 19.7. The standard InChI is InChI=1S/C41H49F2N5O6.C2HF3O2/c1-41(2,3)39(40-45-33(30-22-29(42)13-14-31(30)43)24-46(40)23-26-8-5-4-6-9-26)48(38(54)25-49)19-17-32(44)35(51)21-27-11-12-28(20-27)34(50)10-7-18-47-36(52)15-16-37(47)53;3-2(4,5)1(6)7/h4-6,8-9,13-16,22,24,27-28,32,39,49H,7,10-12,17-21,23,25,44H2,1-3H3;(H,6,7)/t27-,28-,32+,39+;/m1./s1. The zero-order chi connectivity index (χ0) is 45.2. The number of carbonyl (C=O) groups excluding carboxylic acids is 5. The van der Waals surface area contributed by atoms with Gasteiger partial charge in [0.1, 0.15) is 35.6 Å². The van der Waals surface area contributed by atoms with Crippen molar-refractivity contribution in [1.82, 2.24) is 19.4 Å². The van der Waals surface area contributed by atoms with E-state index in [0.29, 0.717) is 38.1 Å². The number of aromatic nitrogens is 2. The second kappa shape index (κ2) is 20.8. The molecule has 3 amide bonds. The molecule has 13 nitrogen and oxygen atoms in total. The van der Waals surface area contributed by atoms with Gasteiger partial charge in [0.15, 0.2) is 0 Å². The average molecular weight is 860 g/mol. The lowest BCUT2D eigenvalue weighted by Crippen LogP contribution is -2.46. The molecule has 5 rings (SSSR count). The first kappa shape index (κ1) is 48.1. The van der Waals surface area contributed by atoms with E-state index in [0.717, 1.165) is 28.7 Å². The molecule has 330 valence electrons. The number of Topliss-reactive ketones (excluding diaryl/α,β-unsaturated/α-hetero) is 2. The summed E-state index contributed by atoms with van der Waals surface area (Å²) >= 11 is 0. The van der Waals surface area contributed by atoms with Crippen molar-refractivity contribution in [3.05, 3.63) is 89.9 Å². The van der Waals surface area contributed by atoms with Crippen molar-refractivity contribution in [2.45, 2.75) is 90.5 Å². The number of aliphatic carboxylic acids is 1. The van der Waals surface area contributed by atoms with Crippen molar-refractivity contribution in [1.29, 1.82) is 0 Å². The number of imide groups is 1. The summed E-state index contributed by atoms with van der Waals surface area (Å²) in [7, 11) is 0. The van der Waals surface area contributed by atoms with Crippen LogP contribution in [0.15, 0.2) is 66.9 Å². The van der Waals surface area contributed by atoms with Gasteiger partial charge in [-0.25, -0.2) is 18.6 Å². The number of rotatable bonds is 17. The number of carbonyl (C=O) groups is 6. The van der Waals surface area contributed by atoms with Crippen molar-refractivity contribution in [2.24, 2.45) is 23.0 Å². The Morgan fingerprint density at radius 3 is 2.21 bits per heavy atom. The van der Waals surface area contributed by atoms with E-state index in [9.17, 15) is 46.6 Å². The second-order valence-electron chi connectivity index (χ2n) is 16.2. The Kier molecular flexibility index (Phi) is 16.4. The predicted molar refractivity (Wildman–Crippen MR) is 211 cm³/mol. The SMILES string of the molecule is CC(C)(C)[C@H](c1nc(-c2cc(F)ccc2F)cn1Cc1ccccc1)N(CC[C@H](N)C(=O)C[C@@H]1CC[C@@H](C(=O)CCCN2C(=O)C=CC2=O)C1)C(=O)CO.O=C(O)C(F)(F)F. The Morgan fingerprint density at radius 1 is 0.984 bits per heavy atom. The summed E-state index contributed by atoms with van der Waals surface area (Å²) in [6.07, 6.45) is 1.80. The third kappa shape index (κ3) is 13.2. The summed E-state index contributed by atoms with van der Waals surface area (Å²) in [5, 5.41) is 17.2. The number of aliphatic hydroxyl groups excluding tert-OH is 1. The Labute approximate surface area is 349 Å². The highest BCUT2D eigenvalue weighted by Gasteiger charge is 2.40. The molecule has 1 saturated carbocycles. The number of alkyl halides is 3. The minimum atomic E-state index is -5.08. The molecule has 0 bridgehead atoms. The van der Waals surface area contributed by atoms with E-state index in [-0.39, 0.29) is 78.8 Å². The van der Waals surface area contributed by atoms with Gasteiger partial charge in [-0.05, 0) is 67.2 Å². The lowest BCUT2D eigenvalue weighted by molar-refractivity contribution is -0.192. The maximum atomic E-state index is 15.0. The van der Waals surface area contributed by atoms with E-state index < -0.39 is 53.8 Å². The lowest BCUT2D eigenvalue weighted by Gasteiger charge is -2.40. The van der Waals surface area contributed by atoms with E-state index in [1.165, 1.54) is 17.1 Å². The minimum Gasteiger partial charge on any atom is -0.475 e. The maximum absolute atomic E-state index is 15.0. The van der Waals surface area contributed by atoms with Crippen LogP contribution in [0.4, 0.5) is 22.0 Å². The summed E-state index contributed by atoms with van der Waals surface area (Å²) in [5.41, 5.74) is 6.81. The largest absolute Gasteiger partial charge is 0.490 e. The van der Waals surface area contributed by atoms with Crippen molar-refractivity contribution in [2.75, 3.05) is 19.7 Å². The topological polar surface area (TPSA) is 193 Å². The summed E-state index contributed by atoms with van der Waals surface area (Å²) in [6.45, 7) is 5.43. The normalized spacial score (nSPS) is 17.5. The van der Waals surface area contributed by atoms with E-state index in [1.807, 2.05) is 51.1 Å². The van der Waals surface area contributed by atoms with Crippen molar-refractivity contribution < 1.29 is 60.9 Å². The van der Waals surface area contributed by atoms with Crippen molar-refractivity contribution >= 4 is 35.3 Å². The molecule has 1 aliphatic carbocycles. The van der Waals surface area contributed by atoms with Gasteiger partial charge in [0, 0.05) is 62.3 Å². The highest BCUT2D eigenvalue weighted by molar-refractivity contribution is 6.12. The minimum absolute atomic E-state index is 0.0133. The summed E-state index contributed by atoms with van der Waals surface area (Å²) in [5.74, 6) is -5.35. The van der Waals surface area contributed by atoms with E-state index in [2.05, 4.69) is 0 Å². The third-order valence-electron chi connectivity index (χ3n) is 10.6. The number of halogens is 5. The molecule has 2 aliphatic rings. The predicted octanol–water partition coefficient (Wildman–Crippen LogP) is 5.79. The summed E-state index contributed by atoms with van der Waals surface area (Å²) in [6, 6.07) is 10.9. The molecule has 3 aromatic rings. The van der Waals surface area contributed by atoms with Crippen LogP contribution < -0.4 is 5.73 Å². The van der Waals surface area contributed by atoms with Crippen LogP contribution in [0.2, 0.25) is 0 Å². The fourth-order valence-corrected chi connectivity index (χ4v) is 7.56. The van der Waals surface area contributed by atoms with Crippen LogP contribution in [0.1, 0.15) is 83.1 Å². The molecule has 61 heavy (non-hydrogen) atoms. The Hall–Kier alpha value is -5.62. The quantitative estimate of drug-likeness (QED) is 0.111. The number of aliphatic hydroxyl groups is 1. The average Bonchev–Trinajstić information content (AvgIpc) is 3.92. The van der Waals surface area contributed by atoms with Gasteiger partial charge in [-0.1, -0.05) is 51.1 Å². The molecular formula is C43H50F5N5O8. The van der Waals surface area contributed by atoms with Gasteiger partial charge in [-0.3, -0.25) is 28.9 Å². The maximum Gasteiger partial charge on any atom is 0.490 e. The van der Waals surface area contributed by atoms with Gasteiger partial charge in [-0.15, -0.1) is 0 Å². The van der Waals surface area contributed by atoms with Gasteiger partial charge < -0.3 is 25.4 Å². The molecule has 4 N–H and O–H groups in total. The number of nitrogens with two attached hydrogens (primary N) is 1. The van der Waals surface area contributed by atoms with Gasteiger partial charge >= 0.3 is 12.1 Å². The fourth-order valence-electron chi connectivity index (χ4n) is 7.56. The number of hydrogen-bond acceptors (Lipinski definition) is 9. The monoisotopic (exact) mass is 859 g/mol. The van der Waals surface area contributed by atoms with Crippen LogP contribution in [0, 0.1) is 28.9 Å². The van der Waals surface area contributed by atoms with Gasteiger partial charge in [0.05, 0.1) is 17.8 Å². The van der Waals surface area contributed by atoms with Crippen LogP contribution in [0.25, 0.3) is 11.3 Å². The molecule has 0 unspecified atom stereocenters. The first-order valence-corrected chi connectivity index (χ1v) is 19.7. The molecular weight excluding hydrogens is 809 g/mol. The number of carboxylic acids is 1. The van der Waals surface area contributed by atoms with Crippen molar-refractivity contribution in [3.63, 3.8) is 0 Å². The van der Waals surface area contributed by atoms with Crippen LogP contribution >= 0.6 is 0 Å². The number of carboxylic acid groups (broad SMARTS) is 1. The smallest absolute Gasteiger partial charge is 0.475 e. The Balaban J connectivity index is 0.00000107. The lowest BCUT2D eigenvalue weighted by atomic mass is 9.84. The van der Waals surface area contributed by atoms with Crippen LogP contribution in [0.5, 0.6) is 0 Å². The molecule has 0 radical (unpaired) electrons. The fraction of sp³-hybridized carbons (Fsp3) is 0.465. The Morgan fingerprint density at radius 2 is 1.62 bits per heavy atom.